The molecular weight excluding hydrogens is 370 g/mol. The van der Waals surface area contributed by atoms with Crippen LogP contribution < -0.4 is 5.32 Å². The van der Waals surface area contributed by atoms with Crippen molar-refractivity contribution in [3.8, 4) is 0 Å². The van der Waals surface area contributed by atoms with E-state index in [9.17, 15) is 14.4 Å². The summed E-state index contributed by atoms with van der Waals surface area (Å²) in [7, 11) is 0. The summed E-state index contributed by atoms with van der Waals surface area (Å²) in [4.78, 5) is 36.6. The van der Waals surface area contributed by atoms with Gasteiger partial charge < -0.3 is 19.5 Å². The van der Waals surface area contributed by atoms with Crippen molar-refractivity contribution in [2.45, 2.75) is 33.8 Å². The first-order chi connectivity index (χ1) is 12.9. The lowest BCUT2D eigenvalue weighted by Crippen LogP contribution is -2.23. The lowest BCUT2D eigenvalue weighted by Gasteiger charge is -2.15. The average molecular weight is 395 g/mol. The molecule has 0 heterocycles. The molecule has 8 heteroatoms. The molecule has 0 fully saturated rings. The summed E-state index contributed by atoms with van der Waals surface area (Å²) in [5, 5.41) is 3.17. The van der Waals surface area contributed by atoms with Gasteiger partial charge in [0, 0.05) is 5.69 Å². The van der Waals surface area contributed by atoms with Crippen LogP contribution in [0.2, 0.25) is 0 Å². The van der Waals surface area contributed by atoms with Crippen LogP contribution in [0.4, 0.5) is 5.69 Å². The van der Waals surface area contributed by atoms with Crippen molar-refractivity contribution in [3.05, 3.63) is 40.9 Å². The number of anilines is 1. The quantitative estimate of drug-likeness (QED) is 0.212. The Morgan fingerprint density at radius 2 is 1.56 bits per heavy atom. The molecule has 1 aromatic rings. The van der Waals surface area contributed by atoms with E-state index in [4.69, 9.17) is 14.2 Å². The summed E-state index contributed by atoms with van der Waals surface area (Å²) in [5.41, 5.74) is 0.355. The minimum Gasteiger partial charge on any atom is -0.462 e. The zero-order chi connectivity index (χ0) is 20.2. The molecule has 0 saturated carbocycles. The molecule has 27 heavy (non-hydrogen) atoms. The van der Waals surface area contributed by atoms with Crippen LogP contribution in [0.15, 0.2) is 40.9 Å². The molecule has 0 aliphatic rings. The van der Waals surface area contributed by atoms with Gasteiger partial charge in [0.05, 0.1) is 30.1 Å². The molecule has 0 atom stereocenters. The summed E-state index contributed by atoms with van der Waals surface area (Å²) in [6.45, 7) is 6.95. The third-order valence-corrected chi connectivity index (χ3v) is 3.89. The van der Waals surface area contributed by atoms with E-state index in [0.717, 1.165) is 11.8 Å². The molecule has 1 rings (SSSR count). The third kappa shape index (κ3) is 8.17. The van der Waals surface area contributed by atoms with Gasteiger partial charge in [0.1, 0.15) is 0 Å². The molecule has 0 radical (unpaired) electrons. The fourth-order valence-electron chi connectivity index (χ4n) is 1.93. The zero-order valence-electron chi connectivity index (χ0n) is 15.9. The van der Waals surface area contributed by atoms with Crippen molar-refractivity contribution in [3.63, 3.8) is 0 Å². The average Bonchev–Trinajstić information content (AvgIpc) is 2.60. The van der Waals surface area contributed by atoms with Crippen molar-refractivity contribution in [1.29, 1.82) is 0 Å². The maximum absolute atomic E-state index is 12.4. The Hall–Kier alpha value is -2.48. The molecule has 0 bridgehead atoms. The number of hydrogen-bond acceptors (Lipinski definition) is 8. The number of rotatable bonds is 10. The summed E-state index contributed by atoms with van der Waals surface area (Å²) < 4.78 is 15.1. The highest BCUT2D eigenvalue weighted by Crippen LogP contribution is 2.25. The monoisotopic (exact) mass is 395 g/mol. The second-order valence-corrected chi connectivity index (χ2v) is 6.45. The molecule has 7 nitrogen and oxygen atoms in total. The van der Waals surface area contributed by atoms with Crippen LogP contribution in [0.25, 0.3) is 0 Å². The van der Waals surface area contributed by atoms with Gasteiger partial charge in [0.15, 0.2) is 5.57 Å². The second kappa shape index (κ2) is 12.0. The van der Waals surface area contributed by atoms with Gasteiger partial charge in [-0.05, 0) is 39.8 Å². The van der Waals surface area contributed by atoms with Gasteiger partial charge in [-0.2, -0.15) is 0 Å². The molecule has 148 valence electrons. The van der Waals surface area contributed by atoms with Crippen LogP contribution in [0, 0.1) is 0 Å². The number of carbonyl (C=O) groups is 3. The molecule has 1 N–H and O–H groups in total. The molecule has 0 aliphatic carbocycles. The van der Waals surface area contributed by atoms with Crippen LogP contribution >= 0.6 is 11.8 Å². The number of thioether (sulfide) groups is 1. The lowest BCUT2D eigenvalue weighted by atomic mass is 10.2. The fraction of sp³-hybridized carbons (Fsp3) is 0.421. The van der Waals surface area contributed by atoms with Gasteiger partial charge in [-0.3, -0.25) is 4.79 Å². The third-order valence-electron chi connectivity index (χ3n) is 2.92. The number of para-hydroxylation sites is 1. The van der Waals surface area contributed by atoms with Crippen molar-refractivity contribution in [2.75, 3.05) is 24.3 Å². The Morgan fingerprint density at radius 3 is 2.04 bits per heavy atom. The second-order valence-electron chi connectivity index (χ2n) is 5.46. The molecular formula is C19H25NO6S. The molecule has 0 aliphatic heterocycles. The summed E-state index contributed by atoms with van der Waals surface area (Å²) >= 11 is 0.975. The number of esters is 3. The SMILES string of the molecule is CCOC(=O)C(C(=O)OCC)=C(Nc1ccccc1)SCC(=O)OC(C)C. The van der Waals surface area contributed by atoms with Gasteiger partial charge in [-0.1, -0.05) is 30.0 Å². The summed E-state index contributed by atoms with van der Waals surface area (Å²) in [6, 6.07) is 8.96. The molecule has 0 saturated heterocycles. The standard InChI is InChI=1S/C19H25NO6S/c1-5-24-18(22)16(19(23)25-6-2)17(20-14-10-8-7-9-11-14)27-12-15(21)26-13(3)4/h7-11,13,20H,5-6,12H2,1-4H3. The molecule has 0 spiro atoms. The van der Waals surface area contributed by atoms with Crippen LogP contribution in [0.1, 0.15) is 27.7 Å². The lowest BCUT2D eigenvalue weighted by molar-refractivity contribution is -0.147. The zero-order valence-corrected chi connectivity index (χ0v) is 16.8. The van der Waals surface area contributed by atoms with E-state index in [-0.39, 0.29) is 35.7 Å². The fourth-order valence-corrected chi connectivity index (χ4v) is 2.76. The minimum atomic E-state index is -0.820. The molecule has 0 amide bonds. The predicted molar refractivity (Wildman–Crippen MR) is 104 cm³/mol. The number of ether oxygens (including phenoxy) is 3. The number of hydrogen-bond donors (Lipinski definition) is 1. The van der Waals surface area contributed by atoms with Crippen molar-refractivity contribution in [2.24, 2.45) is 0 Å². The highest BCUT2D eigenvalue weighted by molar-refractivity contribution is 8.03. The van der Waals surface area contributed by atoms with Crippen LogP contribution in [0.3, 0.4) is 0 Å². The van der Waals surface area contributed by atoms with E-state index in [0.29, 0.717) is 5.69 Å². The van der Waals surface area contributed by atoms with Gasteiger partial charge in [-0.15, -0.1) is 0 Å². The van der Waals surface area contributed by atoms with Crippen molar-refractivity contribution >= 4 is 35.4 Å². The highest BCUT2D eigenvalue weighted by Gasteiger charge is 2.27. The van der Waals surface area contributed by atoms with Gasteiger partial charge in [0.25, 0.3) is 0 Å². The van der Waals surface area contributed by atoms with E-state index in [1.807, 2.05) is 6.07 Å². The van der Waals surface area contributed by atoms with E-state index >= 15 is 0 Å². The van der Waals surface area contributed by atoms with Crippen LogP contribution in [-0.2, 0) is 28.6 Å². The number of nitrogens with one attached hydrogen (secondary N) is 1. The maximum atomic E-state index is 12.4. The Labute approximate surface area is 163 Å². The van der Waals surface area contributed by atoms with Gasteiger partial charge >= 0.3 is 17.9 Å². The van der Waals surface area contributed by atoms with Crippen molar-refractivity contribution < 1.29 is 28.6 Å². The topological polar surface area (TPSA) is 90.9 Å². The smallest absolute Gasteiger partial charge is 0.348 e. The van der Waals surface area contributed by atoms with Gasteiger partial charge in [0.2, 0.25) is 0 Å². The van der Waals surface area contributed by atoms with E-state index in [1.54, 1.807) is 52.0 Å². The molecule has 1 aromatic carbocycles. The maximum Gasteiger partial charge on any atom is 0.348 e. The number of carbonyl (C=O) groups excluding carboxylic acids is 3. The van der Waals surface area contributed by atoms with E-state index in [1.165, 1.54) is 0 Å². The van der Waals surface area contributed by atoms with E-state index < -0.39 is 17.9 Å². The van der Waals surface area contributed by atoms with Crippen LogP contribution in [0.5, 0.6) is 0 Å². The Kier molecular flexibility index (Phi) is 10.0. The largest absolute Gasteiger partial charge is 0.462 e. The highest BCUT2D eigenvalue weighted by atomic mass is 32.2. The first kappa shape index (κ1) is 22.6. The normalized spacial score (nSPS) is 10.1. The Bertz CT molecular complexity index is 652. The van der Waals surface area contributed by atoms with E-state index in [2.05, 4.69) is 5.32 Å². The van der Waals surface area contributed by atoms with Crippen molar-refractivity contribution in [1.82, 2.24) is 0 Å². The van der Waals surface area contributed by atoms with Gasteiger partial charge in [-0.25, -0.2) is 9.59 Å². The predicted octanol–water partition coefficient (Wildman–Crippen LogP) is 3.12. The molecule has 0 unspecified atom stereocenters. The number of benzene rings is 1. The summed E-state index contributed by atoms with van der Waals surface area (Å²) in [6.07, 6.45) is -0.262. The first-order valence-corrected chi connectivity index (χ1v) is 9.60. The minimum absolute atomic E-state index is 0.0876. The molecule has 0 aromatic heterocycles. The first-order valence-electron chi connectivity index (χ1n) is 8.61. The summed E-state index contributed by atoms with van der Waals surface area (Å²) in [5.74, 6) is -2.19. The Morgan fingerprint density at radius 1 is 1.00 bits per heavy atom. The Balaban J connectivity index is 3.21. The van der Waals surface area contributed by atoms with Crippen LogP contribution in [-0.4, -0.2) is 43.0 Å².